The molecule has 0 saturated carbocycles. The third kappa shape index (κ3) is 3.66. The van der Waals surface area contributed by atoms with Crippen molar-refractivity contribution in [1.82, 2.24) is 9.88 Å². The zero-order valence-corrected chi connectivity index (χ0v) is 12.6. The van der Waals surface area contributed by atoms with Crippen LogP contribution in [0.3, 0.4) is 0 Å². The van der Waals surface area contributed by atoms with E-state index in [-0.39, 0.29) is 25.0 Å². The summed E-state index contributed by atoms with van der Waals surface area (Å²) in [6.45, 7) is 0.964. The van der Waals surface area contributed by atoms with Crippen molar-refractivity contribution in [2.75, 3.05) is 31.1 Å². The summed E-state index contributed by atoms with van der Waals surface area (Å²) in [7, 11) is 0. The number of piperazine rings is 1. The normalized spacial score (nSPS) is 14.7. The molecule has 1 fully saturated rings. The van der Waals surface area contributed by atoms with Crippen LogP contribution in [0.25, 0.3) is 0 Å². The molecule has 23 heavy (non-hydrogen) atoms. The van der Waals surface area contributed by atoms with E-state index in [0.717, 1.165) is 5.69 Å². The number of anilines is 1. The van der Waals surface area contributed by atoms with Gasteiger partial charge in [0, 0.05) is 25.0 Å². The second kappa shape index (κ2) is 6.91. The average molecular weight is 311 g/mol. The second-order valence-electron chi connectivity index (χ2n) is 5.17. The Kier molecular flexibility index (Phi) is 4.52. The van der Waals surface area contributed by atoms with Gasteiger partial charge in [-0.25, -0.2) is 0 Å². The van der Waals surface area contributed by atoms with Crippen LogP contribution in [0, 0.1) is 0 Å². The number of hydrogen-bond donors (Lipinski definition) is 0. The molecule has 1 aromatic carbocycles. The van der Waals surface area contributed by atoms with Gasteiger partial charge in [0.05, 0.1) is 6.20 Å². The predicted octanol–water partition coefficient (Wildman–Crippen LogP) is 1.34. The molecule has 3 rings (SSSR count). The number of para-hydroxylation sites is 1. The topological polar surface area (TPSA) is 62.7 Å². The van der Waals surface area contributed by atoms with Gasteiger partial charge in [0.15, 0.2) is 6.61 Å². The van der Waals surface area contributed by atoms with E-state index in [1.165, 1.54) is 4.90 Å². The average Bonchev–Trinajstić information content (AvgIpc) is 2.61. The third-order valence-electron chi connectivity index (χ3n) is 3.64. The Morgan fingerprint density at radius 2 is 1.96 bits per heavy atom. The fourth-order valence-corrected chi connectivity index (χ4v) is 2.44. The molecule has 2 heterocycles. The molecule has 6 nitrogen and oxygen atoms in total. The number of hydrogen-bond acceptors (Lipinski definition) is 4. The summed E-state index contributed by atoms with van der Waals surface area (Å²) in [6, 6.07) is 12.9. The highest BCUT2D eigenvalue weighted by Crippen LogP contribution is 2.16. The van der Waals surface area contributed by atoms with Gasteiger partial charge in [-0.2, -0.15) is 0 Å². The largest absolute Gasteiger partial charge is 0.482 e. The molecule has 0 N–H and O–H groups in total. The fourth-order valence-electron chi connectivity index (χ4n) is 2.44. The van der Waals surface area contributed by atoms with Crippen LogP contribution in [0.5, 0.6) is 5.75 Å². The first-order valence-electron chi connectivity index (χ1n) is 7.40. The number of rotatable bonds is 4. The molecule has 0 bridgehead atoms. The summed E-state index contributed by atoms with van der Waals surface area (Å²) in [4.78, 5) is 31.6. The monoisotopic (exact) mass is 311 g/mol. The molecule has 1 aromatic heterocycles. The van der Waals surface area contributed by atoms with E-state index in [1.54, 1.807) is 29.4 Å². The summed E-state index contributed by atoms with van der Waals surface area (Å²) in [5, 5.41) is 0. The van der Waals surface area contributed by atoms with Crippen molar-refractivity contribution in [3.05, 3.63) is 54.9 Å². The standard InChI is InChI=1S/C17H17N3O3/c21-16-12-19(9-10-20(16)14-5-2-1-3-6-14)17(22)13-23-15-7-4-8-18-11-15/h1-8,11H,9-10,12-13H2. The molecule has 6 heteroatoms. The Morgan fingerprint density at radius 1 is 1.13 bits per heavy atom. The van der Waals surface area contributed by atoms with Gasteiger partial charge < -0.3 is 14.5 Å². The lowest BCUT2D eigenvalue weighted by atomic mass is 10.2. The maximum absolute atomic E-state index is 12.3. The molecule has 1 aliphatic heterocycles. The zero-order valence-electron chi connectivity index (χ0n) is 12.6. The molecule has 0 radical (unpaired) electrons. The van der Waals surface area contributed by atoms with Gasteiger partial charge in [-0.1, -0.05) is 18.2 Å². The highest BCUT2D eigenvalue weighted by Gasteiger charge is 2.28. The van der Waals surface area contributed by atoms with Crippen LogP contribution in [-0.4, -0.2) is 47.9 Å². The van der Waals surface area contributed by atoms with Crippen LogP contribution >= 0.6 is 0 Å². The van der Waals surface area contributed by atoms with Crippen LogP contribution in [0.15, 0.2) is 54.9 Å². The summed E-state index contributed by atoms with van der Waals surface area (Å²) in [5.41, 5.74) is 0.858. The molecule has 2 amide bonds. The molecule has 0 unspecified atom stereocenters. The van der Waals surface area contributed by atoms with Crippen molar-refractivity contribution in [1.29, 1.82) is 0 Å². The van der Waals surface area contributed by atoms with E-state index in [1.807, 2.05) is 30.3 Å². The van der Waals surface area contributed by atoms with Crippen molar-refractivity contribution in [3.8, 4) is 5.75 Å². The molecule has 2 aromatic rings. The highest BCUT2D eigenvalue weighted by molar-refractivity contribution is 5.98. The molecule has 1 saturated heterocycles. The molecular formula is C17H17N3O3. The first-order valence-corrected chi connectivity index (χ1v) is 7.40. The third-order valence-corrected chi connectivity index (χ3v) is 3.64. The van der Waals surface area contributed by atoms with Gasteiger partial charge in [-0.05, 0) is 24.3 Å². The number of nitrogens with zero attached hydrogens (tertiary/aromatic N) is 3. The molecular weight excluding hydrogens is 294 g/mol. The van der Waals surface area contributed by atoms with Gasteiger partial charge in [0.2, 0.25) is 5.91 Å². The number of carbonyl (C=O) groups excluding carboxylic acids is 2. The Bertz CT molecular complexity index is 676. The van der Waals surface area contributed by atoms with Gasteiger partial charge in [-0.3, -0.25) is 14.6 Å². The van der Waals surface area contributed by atoms with E-state index in [2.05, 4.69) is 4.98 Å². The predicted molar refractivity (Wildman–Crippen MR) is 85.1 cm³/mol. The Labute approximate surface area is 134 Å². The quantitative estimate of drug-likeness (QED) is 0.855. The molecule has 118 valence electrons. The van der Waals surface area contributed by atoms with E-state index in [0.29, 0.717) is 18.8 Å². The summed E-state index contributed by atoms with van der Waals surface area (Å²) in [5.74, 6) is 0.252. The highest BCUT2D eigenvalue weighted by atomic mass is 16.5. The lowest BCUT2D eigenvalue weighted by Crippen LogP contribution is -2.53. The SMILES string of the molecule is O=C(COc1cccnc1)N1CCN(c2ccccc2)C(=O)C1. The van der Waals surface area contributed by atoms with Gasteiger partial charge in [0.1, 0.15) is 12.3 Å². The molecule has 0 atom stereocenters. The lowest BCUT2D eigenvalue weighted by molar-refractivity contribution is -0.138. The van der Waals surface area contributed by atoms with Crippen molar-refractivity contribution >= 4 is 17.5 Å². The van der Waals surface area contributed by atoms with Gasteiger partial charge in [-0.15, -0.1) is 0 Å². The van der Waals surface area contributed by atoms with Crippen molar-refractivity contribution in [2.24, 2.45) is 0 Å². The van der Waals surface area contributed by atoms with Crippen molar-refractivity contribution < 1.29 is 14.3 Å². The summed E-state index contributed by atoms with van der Waals surface area (Å²) in [6.07, 6.45) is 3.18. The van der Waals surface area contributed by atoms with Crippen LogP contribution in [0.1, 0.15) is 0 Å². The fraction of sp³-hybridized carbons (Fsp3) is 0.235. The summed E-state index contributed by atoms with van der Waals surface area (Å²) < 4.78 is 5.39. The maximum atomic E-state index is 12.3. The van der Waals surface area contributed by atoms with E-state index >= 15 is 0 Å². The van der Waals surface area contributed by atoms with Crippen molar-refractivity contribution in [2.45, 2.75) is 0 Å². The number of pyridine rings is 1. The zero-order chi connectivity index (χ0) is 16.1. The van der Waals surface area contributed by atoms with E-state index < -0.39 is 0 Å². The second-order valence-corrected chi connectivity index (χ2v) is 5.17. The number of aromatic nitrogens is 1. The molecule has 1 aliphatic rings. The minimum Gasteiger partial charge on any atom is -0.482 e. The van der Waals surface area contributed by atoms with Crippen LogP contribution < -0.4 is 9.64 Å². The first-order chi connectivity index (χ1) is 11.2. The number of benzene rings is 1. The first kappa shape index (κ1) is 15.0. The van der Waals surface area contributed by atoms with Crippen LogP contribution in [0.4, 0.5) is 5.69 Å². The van der Waals surface area contributed by atoms with E-state index in [4.69, 9.17) is 4.74 Å². The molecule has 0 aliphatic carbocycles. The van der Waals surface area contributed by atoms with Gasteiger partial charge in [0.25, 0.3) is 5.91 Å². The maximum Gasteiger partial charge on any atom is 0.261 e. The summed E-state index contributed by atoms with van der Waals surface area (Å²) >= 11 is 0. The molecule has 0 spiro atoms. The van der Waals surface area contributed by atoms with E-state index in [9.17, 15) is 9.59 Å². The Balaban J connectivity index is 1.55. The smallest absolute Gasteiger partial charge is 0.261 e. The number of carbonyl (C=O) groups is 2. The van der Waals surface area contributed by atoms with Crippen molar-refractivity contribution in [3.63, 3.8) is 0 Å². The van der Waals surface area contributed by atoms with Crippen LogP contribution in [-0.2, 0) is 9.59 Å². The van der Waals surface area contributed by atoms with Crippen LogP contribution in [0.2, 0.25) is 0 Å². The minimum absolute atomic E-state index is 0.0735. The Morgan fingerprint density at radius 3 is 2.65 bits per heavy atom. The number of amides is 2. The Hall–Kier alpha value is -2.89. The number of ether oxygens (including phenoxy) is 1. The lowest BCUT2D eigenvalue weighted by Gasteiger charge is -2.34. The minimum atomic E-state index is -0.199. The van der Waals surface area contributed by atoms with Gasteiger partial charge >= 0.3 is 0 Å².